The summed E-state index contributed by atoms with van der Waals surface area (Å²) in [4.78, 5) is 0. The lowest BCUT2D eigenvalue weighted by molar-refractivity contribution is -0.141. The number of nitrogens with zero attached hydrogens (tertiary/aromatic N) is 2. The monoisotopic (exact) mass is 247 g/mol. The third-order valence-corrected chi connectivity index (χ3v) is 3.33. The van der Waals surface area contributed by atoms with E-state index in [0.29, 0.717) is 12.5 Å². The molecule has 17 heavy (non-hydrogen) atoms. The fraction of sp³-hybridized carbons (Fsp3) is 0.727. The summed E-state index contributed by atoms with van der Waals surface area (Å²) in [6.07, 6.45) is 1.47. The highest BCUT2D eigenvalue weighted by Gasteiger charge is 2.33. The molecule has 96 valence electrons. The molecule has 2 rings (SSSR count). The van der Waals surface area contributed by atoms with Crippen LogP contribution in [0, 0.1) is 5.92 Å². The van der Waals surface area contributed by atoms with Crippen LogP contribution in [0.1, 0.15) is 31.4 Å². The second-order valence-electron chi connectivity index (χ2n) is 4.63. The average molecular weight is 247 g/mol. The van der Waals surface area contributed by atoms with E-state index < -0.39 is 11.9 Å². The summed E-state index contributed by atoms with van der Waals surface area (Å²) < 4.78 is 38.3. The maximum Gasteiger partial charge on any atom is 0.435 e. The van der Waals surface area contributed by atoms with Crippen molar-refractivity contribution in [1.82, 2.24) is 9.78 Å². The van der Waals surface area contributed by atoms with Gasteiger partial charge in [-0.1, -0.05) is 12.8 Å². The first kappa shape index (κ1) is 12.4. The average Bonchev–Trinajstić information content (AvgIpc) is 2.85. The van der Waals surface area contributed by atoms with Crippen molar-refractivity contribution >= 4 is 0 Å². The molecular formula is C11H16F3N3. The standard InChI is InChI=1S/C11H16F3N3/c12-11(13,14)10-5-6-17(16-10)7-9(15)8-3-1-2-4-8/h5-6,8-9H,1-4,7,15H2. The lowest BCUT2D eigenvalue weighted by Gasteiger charge is -2.18. The maximum absolute atomic E-state index is 12.3. The molecule has 1 unspecified atom stereocenters. The van der Waals surface area contributed by atoms with Gasteiger partial charge in [-0.15, -0.1) is 0 Å². The van der Waals surface area contributed by atoms with Crippen molar-refractivity contribution < 1.29 is 13.2 Å². The third-order valence-electron chi connectivity index (χ3n) is 3.33. The number of hydrogen-bond donors (Lipinski definition) is 1. The minimum Gasteiger partial charge on any atom is -0.326 e. The SMILES string of the molecule is NC(Cn1ccc(C(F)(F)F)n1)C1CCCC1. The molecule has 6 heteroatoms. The van der Waals surface area contributed by atoms with Crippen molar-refractivity contribution in [2.75, 3.05) is 0 Å². The van der Waals surface area contributed by atoms with Gasteiger partial charge in [0.25, 0.3) is 0 Å². The number of nitrogens with two attached hydrogens (primary N) is 1. The van der Waals surface area contributed by atoms with E-state index in [1.54, 1.807) is 0 Å². The fourth-order valence-corrected chi connectivity index (χ4v) is 2.37. The zero-order chi connectivity index (χ0) is 12.5. The Morgan fingerprint density at radius 3 is 2.59 bits per heavy atom. The van der Waals surface area contributed by atoms with Gasteiger partial charge in [-0.25, -0.2) is 0 Å². The summed E-state index contributed by atoms with van der Waals surface area (Å²) in [6, 6.07) is 0.889. The van der Waals surface area contributed by atoms with Gasteiger partial charge < -0.3 is 5.73 Å². The highest BCUT2D eigenvalue weighted by molar-refractivity contribution is 5.03. The van der Waals surface area contributed by atoms with Crippen LogP contribution in [0.2, 0.25) is 0 Å². The summed E-state index contributed by atoms with van der Waals surface area (Å²) in [7, 11) is 0. The molecule has 0 radical (unpaired) electrons. The number of alkyl halides is 3. The Hall–Kier alpha value is -1.04. The van der Waals surface area contributed by atoms with Gasteiger partial charge in [0, 0.05) is 12.2 Å². The van der Waals surface area contributed by atoms with E-state index in [-0.39, 0.29) is 6.04 Å². The molecule has 1 aliphatic carbocycles. The van der Waals surface area contributed by atoms with Gasteiger partial charge in [-0.2, -0.15) is 18.3 Å². The summed E-state index contributed by atoms with van der Waals surface area (Å²) in [5.74, 6) is 0.425. The molecule has 0 saturated heterocycles. The lowest BCUT2D eigenvalue weighted by Crippen LogP contribution is -2.33. The normalized spacial score (nSPS) is 19.8. The molecule has 1 aliphatic rings. The van der Waals surface area contributed by atoms with Crippen molar-refractivity contribution in [1.29, 1.82) is 0 Å². The van der Waals surface area contributed by atoms with Gasteiger partial charge in [-0.05, 0) is 24.8 Å². The molecule has 1 atom stereocenters. The molecular weight excluding hydrogens is 231 g/mol. The second-order valence-corrected chi connectivity index (χ2v) is 4.63. The lowest BCUT2D eigenvalue weighted by atomic mass is 9.99. The summed E-state index contributed by atoms with van der Waals surface area (Å²) in [6.45, 7) is 0.362. The Bertz CT molecular complexity index is 366. The van der Waals surface area contributed by atoms with Crippen molar-refractivity contribution in [2.24, 2.45) is 11.7 Å². The highest BCUT2D eigenvalue weighted by Crippen LogP contribution is 2.29. The minimum atomic E-state index is -4.37. The van der Waals surface area contributed by atoms with Crippen LogP contribution in [0.5, 0.6) is 0 Å². The fourth-order valence-electron chi connectivity index (χ4n) is 2.37. The van der Waals surface area contributed by atoms with Gasteiger partial charge in [0.05, 0.1) is 6.54 Å². The molecule has 0 bridgehead atoms. The predicted molar refractivity (Wildman–Crippen MR) is 57.2 cm³/mol. The van der Waals surface area contributed by atoms with E-state index >= 15 is 0 Å². The van der Waals surface area contributed by atoms with Gasteiger partial charge >= 0.3 is 6.18 Å². The Morgan fingerprint density at radius 2 is 2.06 bits per heavy atom. The van der Waals surface area contributed by atoms with Gasteiger partial charge in [0.1, 0.15) is 0 Å². The van der Waals surface area contributed by atoms with Gasteiger partial charge in [0.2, 0.25) is 0 Å². The van der Waals surface area contributed by atoms with E-state index in [0.717, 1.165) is 18.9 Å². The molecule has 1 heterocycles. The number of aromatic nitrogens is 2. The van der Waals surface area contributed by atoms with Crippen LogP contribution < -0.4 is 5.73 Å². The van der Waals surface area contributed by atoms with Crippen LogP contribution in [-0.2, 0) is 12.7 Å². The predicted octanol–water partition coefficient (Wildman–Crippen LogP) is 2.42. The Labute approximate surface area is 97.8 Å². The van der Waals surface area contributed by atoms with E-state index in [1.165, 1.54) is 23.7 Å². The zero-order valence-electron chi connectivity index (χ0n) is 9.45. The van der Waals surface area contributed by atoms with Crippen molar-refractivity contribution in [2.45, 2.75) is 44.4 Å². The smallest absolute Gasteiger partial charge is 0.326 e. The van der Waals surface area contributed by atoms with Crippen LogP contribution in [0.4, 0.5) is 13.2 Å². The number of halogens is 3. The molecule has 0 aliphatic heterocycles. The van der Waals surface area contributed by atoms with Gasteiger partial charge in [-0.3, -0.25) is 4.68 Å². The molecule has 0 aromatic carbocycles. The first-order valence-electron chi connectivity index (χ1n) is 5.83. The summed E-state index contributed by atoms with van der Waals surface area (Å²) in [5.41, 5.74) is 5.14. The molecule has 0 spiro atoms. The molecule has 0 amide bonds. The van der Waals surface area contributed by atoms with Crippen molar-refractivity contribution in [3.8, 4) is 0 Å². The van der Waals surface area contributed by atoms with E-state index in [2.05, 4.69) is 5.10 Å². The first-order valence-corrected chi connectivity index (χ1v) is 5.83. The van der Waals surface area contributed by atoms with Crippen molar-refractivity contribution in [3.63, 3.8) is 0 Å². The Balaban J connectivity index is 1.96. The Morgan fingerprint density at radius 1 is 1.41 bits per heavy atom. The number of hydrogen-bond acceptors (Lipinski definition) is 2. The largest absolute Gasteiger partial charge is 0.435 e. The topological polar surface area (TPSA) is 43.8 Å². The van der Waals surface area contributed by atoms with Crippen LogP contribution in [0.3, 0.4) is 0 Å². The third kappa shape index (κ3) is 3.00. The zero-order valence-corrected chi connectivity index (χ0v) is 9.45. The molecule has 1 aromatic rings. The van der Waals surface area contributed by atoms with E-state index in [4.69, 9.17) is 5.73 Å². The second kappa shape index (κ2) is 4.68. The molecule has 3 nitrogen and oxygen atoms in total. The van der Waals surface area contributed by atoms with Crippen LogP contribution in [-0.4, -0.2) is 15.8 Å². The van der Waals surface area contributed by atoms with Crippen LogP contribution in [0.15, 0.2) is 12.3 Å². The van der Waals surface area contributed by atoms with Crippen LogP contribution >= 0.6 is 0 Å². The van der Waals surface area contributed by atoms with Crippen molar-refractivity contribution in [3.05, 3.63) is 18.0 Å². The summed E-state index contributed by atoms with van der Waals surface area (Å²) in [5, 5.41) is 3.50. The van der Waals surface area contributed by atoms with E-state index in [9.17, 15) is 13.2 Å². The molecule has 1 fully saturated rings. The maximum atomic E-state index is 12.3. The molecule has 1 aromatic heterocycles. The molecule has 2 N–H and O–H groups in total. The van der Waals surface area contributed by atoms with Gasteiger partial charge in [0.15, 0.2) is 5.69 Å². The van der Waals surface area contributed by atoms with Crippen LogP contribution in [0.25, 0.3) is 0 Å². The number of rotatable bonds is 3. The Kier molecular flexibility index (Phi) is 3.42. The highest BCUT2D eigenvalue weighted by atomic mass is 19.4. The van der Waals surface area contributed by atoms with E-state index in [1.807, 2.05) is 0 Å². The first-order chi connectivity index (χ1) is 7.97. The quantitative estimate of drug-likeness (QED) is 0.891. The summed E-state index contributed by atoms with van der Waals surface area (Å²) >= 11 is 0. The minimum absolute atomic E-state index is 0.0986. The molecule has 1 saturated carbocycles.